The molecule has 3 aromatic rings. The Kier molecular flexibility index (Phi) is 4.48. The van der Waals surface area contributed by atoms with Gasteiger partial charge in [0.25, 0.3) is 0 Å². The minimum atomic E-state index is -0.919. The van der Waals surface area contributed by atoms with Crippen molar-refractivity contribution in [3.05, 3.63) is 90.5 Å². The van der Waals surface area contributed by atoms with Crippen LogP contribution in [-0.4, -0.2) is 0 Å². The molecule has 0 aliphatic heterocycles. The van der Waals surface area contributed by atoms with E-state index < -0.39 is 7.92 Å². The third kappa shape index (κ3) is 3.06. The molecule has 3 rings (SSSR count). The fourth-order valence-electron chi connectivity index (χ4n) is 2.76. The molecular formula is C20H20P+. The summed E-state index contributed by atoms with van der Waals surface area (Å²) in [6.07, 6.45) is 1.09. The minimum Gasteiger partial charge on any atom is -0.0620 e. The lowest BCUT2D eigenvalue weighted by Gasteiger charge is -2.13. The van der Waals surface area contributed by atoms with E-state index in [-0.39, 0.29) is 0 Å². The Morgan fingerprint density at radius 2 is 1.10 bits per heavy atom. The molecule has 0 aromatic heterocycles. The number of hydrogen-bond acceptors (Lipinski definition) is 0. The third-order valence-corrected chi connectivity index (χ3v) is 6.64. The van der Waals surface area contributed by atoms with Crippen molar-refractivity contribution in [2.24, 2.45) is 0 Å². The summed E-state index contributed by atoms with van der Waals surface area (Å²) in [7, 11) is -0.919. The van der Waals surface area contributed by atoms with Crippen LogP contribution in [0.3, 0.4) is 0 Å². The van der Waals surface area contributed by atoms with Gasteiger partial charge in [-0.2, -0.15) is 0 Å². The predicted molar refractivity (Wildman–Crippen MR) is 95.9 cm³/mol. The molecule has 0 nitrogen and oxygen atoms in total. The van der Waals surface area contributed by atoms with Gasteiger partial charge in [-0.1, -0.05) is 61.5 Å². The standard InChI is InChI=1S/C20H19P/c1-2-17-11-9-10-16-20(17)21(18-12-5-3-6-13-18)19-14-7-4-8-15-19/h3-16H,2H2,1H3/p+1. The fourth-order valence-corrected chi connectivity index (χ4v) is 5.61. The highest BCUT2D eigenvalue weighted by Crippen LogP contribution is 2.33. The van der Waals surface area contributed by atoms with Crippen LogP contribution < -0.4 is 15.9 Å². The van der Waals surface area contributed by atoms with Crippen molar-refractivity contribution in [2.75, 3.05) is 0 Å². The first-order valence-corrected chi connectivity index (χ1v) is 8.96. The first-order chi connectivity index (χ1) is 10.4. The normalized spacial score (nSPS) is 10.8. The number of hydrogen-bond donors (Lipinski definition) is 0. The van der Waals surface area contributed by atoms with Crippen molar-refractivity contribution in [2.45, 2.75) is 13.3 Å². The highest BCUT2D eigenvalue weighted by molar-refractivity contribution is 7.79. The molecule has 0 unspecified atom stereocenters. The van der Waals surface area contributed by atoms with Gasteiger partial charge in [0.2, 0.25) is 0 Å². The lowest BCUT2D eigenvalue weighted by Crippen LogP contribution is -2.22. The molecule has 0 aliphatic rings. The van der Waals surface area contributed by atoms with Gasteiger partial charge in [0.1, 0.15) is 15.9 Å². The summed E-state index contributed by atoms with van der Waals surface area (Å²) in [4.78, 5) is 0. The Morgan fingerprint density at radius 3 is 1.62 bits per heavy atom. The van der Waals surface area contributed by atoms with Gasteiger partial charge in [0.15, 0.2) is 0 Å². The Bertz CT molecular complexity index is 650. The van der Waals surface area contributed by atoms with Crippen molar-refractivity contribution in [1.82, 2.24) is 0 Å². The Balaban J connectivity index is 2.17. The average Bonchev–Trinajstić information content (AvgIpc) is 2.58. The second-order valence-electron chi connectivity index (χ2n) is 5.12. The van der Waals surface area contributed by atoms with E-state index in [1.165, 1.54) is 21.5 Å². The molecule has 3 aromatic carbocycles. The summed E-state index contributed by atoms with van der Waals surface area (Å²) in [6, 6.07) is 30.8. The summed E-state index contributed by atoms with van der Waals surface area (Å²) in [5.41, 5.74) is 1.47. The molecule has 21 heavy (non-hydrogen) atoms. The van der Waals surface area contributed by atoms with E-state index >= 15 is 0 Å². The van der Waals surface area contributed by atoms with Crippen molar-refractivity contribution >= 4 is 23.8 Å². The number of aryl methyl sites for hydroxylation is 1. The SMILES string of the molecule is CCc1ccccc1[PH+](c1ccccc1)c1ccccc1. The van der Waals surface area contributed by atoms with E-state index in [0.29, 0.717) is 0 Å². The molecule has 0 saturated carbocycles. The molecule has 1 heteroatoms. The smallest absolute Gasteiger partial charge is 0.0620 e. The first-order valence-electron chi connectivity index (χ1n) is 7.46. The van der Waals surface area contributed by atoms with Crippen molar-refractivity contribution in [3.63, 3.8) is 0 Å². The van der Waals surface area contributed by atoms with Gasteiger partial charge in [-0.05, 0) is 42.3 Å². The molecule has 0 bridgehead atoms. The molecule has 0 radical (unpaired) electrons. The number of benzene rings is 3. The van der Waals surface area contributed by atoms with Crippen molar-refractivity contribution in [1.29, 1.82) is 0 Å². The molecule has 0 N–H and O–H groups in total. The maximum atomic E-state index is 2.31. The van der Waals surface area contributed by atoms with Crippen LogP contribution in [0.1, 0.15) is 12.5 Å². The van der Waals surface area contributed by atoms with Gasteiger partial charge >= 0.3 is 0 Å². The van der Waals surface area contributed by atoms with Crippen LogP contribution in [0.15, 0.2) is 84.9 Å². The van der Waals surface area contributed by atoms with Gasteiger partial charge in [-0.3, -0.25) is 0 Å². The maximum Gasteiger partial charge on any atom is 0.105 e. The van der Waals surface area contributed by atoms with Crippen molar-refractivity contribution in [3.8, 4) is 0 Å². The fraction of sp³-hybridized carbons (Fsp3) is 0.100. The van der Waals surface area contributed by atoms with Crippen LogP contribution in [0.25, 0.3) is 0 Å². The molecule has 0 heterocycles. The predicted octanol–water partition coefficient (Wildman–Crippen LogP) is 3.74. The Morgan fingerprint density at radius 1 is 0.619 bits per heavy atom. The molecule has 0 spiro atoms. The van der Waals surface area contributed by atoms with Gasteiger partial charge in [0.05, 0.1) is 7.92 Å². The molecule has 104 valence electrons. The zero-order valence-corrected chi connectivity index (χ0v) is 13.3. The highest BCUT2D eigenvalue weighted by atomic mass is 31.1. The lowest BCUT2D eigenvalue weighted by molar-refractivity contribution is 1.15. The topological polar surface area (TPSA) is 0 Å². The largest absolute Gasteiger partial charge is 0.105 e. The van der Waals surface area contributed by atoms with Gasteiger partial charge in [-0.25, -0.2) is 0 Å². The van der Waals surface area contributed by atoms with Gasteiger partial charge < -0.3 is 0 Å². The van der Waals surface area contributed by atoms with E-state index in [0.717, 1.165) is 6.42 Å². The molecule has 0 fully saturated rings. The zero-order valence-electron chi connectivity index (χ0n) is 12.3. The van der Waals surface area contributed by atoms with Gasteiger partial charge in [0, 0.05) is 0 Å². The highest BCUT2D eigenvalue weighted by Gasteiger charge is 2.26. The summed E-state index contributed by atoms with van der Waals surface area (Å²) in [5.74, 6) is 0. The molecule has 0 amide bonds. The monoisotopic (exact) mass is 291 g/mol. The number of rotatable bonds is 4. The van der Waals surface area contributed by atoms with Crippen molar-refractivity contribution < 1.29 is 0 Å². The van der Waals surface area contributed by atoms with Gasteiger partial charge in [-0.15, -0.1) is 0 Å². The van der Waals surface area contributed by atoms with E-state index in [2.05, 4.69) is 91.9 Å². The zero-order chi connectivity index (χ0) is 14.5. The van der Waals surface area contributed by atoms with Crippen LogP contribution in [0.2, 0.25) is 0 Å². The second kappa shape index (κ2) is 6.70. The molecule has 0 atom stereocenters. The second-order valence-corrected chi connectivity index (χ2v) is 7.56. The van der Waals surface area contributed by atoms with Crippen LogP contribution in [0.4, 0.5) is 0 Å². The van der Waals surface area contributed by atoms with Crippen LogP contribution >= 0.6 is 7.92 Å². The summed E-state index contributed by atoms with van der Waals surface area (Å²) in [5, 5.41) is 4.42. The minimum absolute atomic E-state index is 0.919. The quantitative estimate of drug-likeness (QED) is 0.642. The Hall–Kier alpha value is -1.91. The van der Waals surface area contributed by atoms with Crippen LogP contribution in [0, 0.1) is 0 Å². The van der Waals surface area contributed by atoms with E-state index in [1.807, 2.05) is 0 Å². The maximum absolute atomic E-state index is 2.31. The Labute approximate surface area is 128 Å². The summed E-state index contributed by atoms with van der Waals surface area (Å²) < 4.78 is 0. The average molecular weight is 291 g/mol. The van der Waals surface area contributed by atoms with E-state index in [9.17, 15) is 0 Å². The third-order valence-electron chi connectivity index (χ3n) is 3.79. The lowest BCUT2D eigenvalue weighted by atomic mass is 10.2. The summed E-state index contributed by atoms with van der Waals surface area (Å²) >= 11 is 0. The molecular weight excluding hydrogens is 271 g/mol. The van der Waals surface area contributed by atoms with Crippen LogP contribution in [0.5, 0.6) is 0 Å². The first kappa shape index (κ1) is 14.0. The summed E-state index contributed by atoms with van der Waals surface area (Å²) in [6.45, 7) is 2.24. The van der Waals surface area contributed by atoms with E-state index in [1.54, 1.807) is 0 Å². The van der Waals surface area contributed by atoms with E-state index in [4.69, 9.17) is 0 Å². The molecule has 0 aliphatic carbocycles. The molecule has 0 saturated heterocycles. The van der Waals surface area contributed by atoms with Crippen LogP contribution in [-0.2, 0) is 6.42 Å².